The Kier molecular flexibility index (Phi) is 6.31. The number of carbonyl (C=O) groups is 1. The van der Waals surface area contributed by atoms with Crippen molar-refractivity contribution in [1.29, 1.82) is 0 Å². The first-order chi connectivity index (χ1) is 13.8. The molecule has 0 aliphatic rings. The first-order valence-corrected chi connectivity index (χ1v) is 10.6. The molecule has 0 bridgehead atoms. The van der Waals surface area contributed by atoms with Crippen LogP contribution in [-0.4, -0.2) is 20.4 Å². The molecule has 0 saturated heterocycles. The van der Waals surface area contributed by atoms with Gasteiger partial charge in [0.05, 0.1) is 4.90 Å². The maximum atomic E-state index is 12.4. The predicted octanol–water partition coefficient (Wildman–Crippen LogP) is 4.42. The van der Waals surface area contributed by atoms with Gasteiger partial charge < -0.3 is 10.1 Å². The number of ether oxygens (including phenoxy) is 1. The van der Waals surface area contributed by atoms with Crippen molar-refractivity contribution in [2.45, 2.75) is 24.8 Å². The molecule has 29 heavy (non-hydrogen) atoms. The highest BCUT2D eigenvalue weighted by atomic mass is 32.2. The summed E-state index contributed by atoms with van der Waals surface area (Å²) < 4.78 is 32.5. The Morgan fingerprint density at radius 2 is 1.41 bits per heavy atom. The summed E-state index contributed by atoms with van der Waals surface area (Å²) in [4.78, 5) is 12.5. The molecule has 3 aromatic rings. The molecule has 150 valence electrons. The molecule has 0 heterocycles. The van der Waals surface area contributed by atoms with Gasteiger partial charge in [-0.2, -0.15) is 0 Å². The predicted molar refractivity (Wildman–Crippen MR) is 113 cm³/mol. The average molecular weight is 410 g/mol. The van der Waals surface area contributed by atoms with Gasteiger partial charge in [0, 0.05) is 17.3 Å². The van der Waals surface area contributed by atoms with Crippen LogP contribution in [0.1, 0.15) is 24.2 Å². The smallest absolute Gasteiger partial charge is 0.255 e. The van der Waals surface area contributed by atoms with Gasteiger partial charge in [0.15, 0.2) is 0 Å². The van der Waals surface area contributed by atoms with Crippen molar-refractivity contribution in [3.05, 3.63) is 84.4 Å². The summed E-state index contributed by atoms with van der Waals surface area (Å²) in [6, 6.07) is 22.0. The molecule has 0 unspecified atom stereocenters. The Morgan fingerprint density at radius 3 is 2.00 bits per heavy atom. The normalized spacial score (nSPS) is 11.3. The van der Waals surface area contributed by atoms with Crippen molar-refractivity contribution in [3.8, 4) is 11.5 Å². The fourth-order valence-corrected chi connectivity index (χ4v) is 3.85. The van der Waals surface area contributed by atoms with Gasteiger partial charge in [-0.3, -0.25) is 4.79 Å². The highest BCUT2D eigenvalue weighted by molar-refractivity contribution is 7.89. The van der Waals surface area contributed by atoms with E-state index < -0.39 is 10.0 Å². The summed E-state index contributed by atoms with van der Waals surface area (Å²) in [5.74, 6) is 1.05. The van der Waals surface area contributed by atoms with Crippen molar-refractivity contribution in [3.63, 3.8) is 0 Å². The van der Waals surface area contributed by atoms with Gasteiger partial charge in [-0.05, 0) is 74.5 Å². The summed E-state index contributed by atoms with van der Waals surface area (Å²) in [5, 5.41) is 2.78. The standard InChI is InChI=1S/C22H22N2O4S/c1-16(2)24-29(26,27)21-14-8-17(9-15-21)22(25)23-18-10-12-20(13-11-18)28-19-6-4-3-5-7-19/h3-16,24H,1-2H3,(H,23,25). The lowest BCUT2D eigenvalue weighted by atomic mass is 10.2. The third-order valence-corrected chi connectivity index (χ3v) is 5.58. The fourth-order valence-electron chi connectivity index (χ4n) is 2.60. The molecule has 0 fully saturated rings. The van der Waals surface area contributed by atoms with E-state index in [1.165, 1.54) is 24.3 Å². The van der Waals surface area contributed by atoms with Crippen LogP contribution >= 0.6 is 0 Å². The van der Waals surface area contributed by atoms with E-state index in [2.05, 4.69) is 10.0 Å². The van der Waals surface area contributed by atoms with Crippen molar-refractivity contribution in [2.75, 3.05) is 5.32 Å². The molecular weight excluding hydrogens is 388 g/mol. The van der Waals surface area contributed by atoms with Crippen molar-refractivity contribution in [2.24, 2.45) is 0 Å². The van der Waals surface area contributed by atoms with Crippen LogP contribution in [0.4, 0.5) is 5.69 Å². The van der Waals surface area contributed by atoms with E-state index in [0.717, 1.165) is 5.75 Å². The Labute approximate surface area is 170 Å². The monoisotopic (exact) mass is 410 g/mol. The minimum atomic E-state index is -3.59. The highest BCUT2D eigenvalue weighted by Gasteiger charge is 2.16. The zero-order valence-electron chi connectivity index (χ0n) is 16.1. The summed E-state index contributed by atoms with van der Waals surface area (Å²) in [6.45, 7) is 3.49. The van der Waals surface area contributed by atoms with E-state index >= 15 is 0 Å². The van der Waals surface area contributed by atoms with E-state index in [1.54, 1.807) is 38.1 Å². The van der Waals surface area contributed by atoms with Crippen molar-refractivity contribution < 1.29 is 17.9 Å². The van der Waals surface area contributed by atoms with Gasteiger partial charge in [-0.1, -0.05) is 18.2 Å². The maximum absolute atomic E-state index is 12.4. The third kappa shape index (κ3) is 5.66. The van der Waals surface area contributed by atoms with E-state index in [4.69, 9.17) is 4.74 Å². The molecule has 0 aromatic heterocycles. The molecule has 0 atom stereocenters. The lowest BCUT2D eigenvalue weighted by molar-refractivity contribution is 0.102. The van der Waals surface area contributed by atoms with E-state index in [-0.39, 0.29) is 16.8 Å². The molecule has 2 N–H and O–H groups in total. The molecule has 7 heteroatoms. The highest BCUT2D eigenvalue weighted by Crippen LogP contribution is 2.23. The number of amides is 1. The third-order valence-electron chi connectivity index (χ3n) is 3.91. The van der Waals surface area contributed by atoms with Crippen molar-refractivity contribution in [1.82, 2.24) is 4.72 Å². The maximum Gasteiger partial charge on any atom is 0.255 e. The molecule has 1 amide bonds. The number of benzene rings is 3. The minimum Gasteiger partial charge on any atom is -0.457 e. The molecule has 6 nitrogen and oxygen atoms in total. The summed E-state index contributed by atoms with van der Waals surface area (Å²) >= 11 is 0. The van der Waals surface area contributed by atoms with E-state index in [0.29, 0.717) is 17.0 Å². The summed E-state index contributed by atoms with van der Waals surface area (Å²) in [5.41, 5.74) is 0.965. The van der Waals surface area contributed by atoms with Crippen LogP contribution in [-0.2, 0) is 10.0 Å². The number of nitrogens with one attached hydrogen (secondary N) is 2. The van der Waals surface area contributed by atoms with Crippen LogP contribution in [0.2, 0.25) is 0 Å². The van der Waals surface area contributed by atoms with Crippen LogP contribution < -0.4 is 14.8 Å². The number of carbonyl (C=O) groups excluding carboxylic acids is 1. The minimum absolute atomic E-state index is 0.116. The molecule has 3 aromatic carbocycles. The average Bonchev–Trinajstić information content (AvgIpc) is 2.69. The number of para-hydroxylation sites is 1. The van der Waals surface area contributed by atoms with Gasteiger partial charge >= 0.3 is 0 Å². The van der Waals surface area contributed by atoms with Gasteiger partial charge in [-0.15, -0.1) is 0 Å². The largest absolute Gasteiger partial charge is 0.457 e. The van der Waals surface area contributed by atoms with Crippen LogP contribution in [0, 0.1) is 0 Å². The molecule has 0 aliphatic carbocycles. The van der Waals surface area contributed by atoms with Gasteiger partial charge in [0.1, 0.15) is 11.5 Å². The second-order valence-corrected chi connectivity index (χ2v) is 8.41. The quantitative estimate of drug-likeness (QED) is 0.604. The summed E-state index contributed by atoms with van der Waals surface area (Å²) in [7, 11) is -3.59. The number of sulfonamides is 1. The number of hydrogen-bond donors (Lipinski definition) is 2. The molecular formula is C22H22N2O4S. The lowest BCUT2D eigenvalue weighted by Crippen LogP contribution is -2.30. The second kappa shape index (κ2) is 8.89. The topological polar surface area (TPSA) is 84.5 Å². The first-order valence-electron chi connectivity index (χ1n) is 9.10. The Balaban J connectivity index is 1.64. The Morgan fingerprint density at radius 1 is 0.828 bits per heavy atom. The van der Waals surface area contributed by atoms with Crippen LogP contribution in [0.5, 0.6) is 11.5 Å². The van der Waals surface area contributed by atoms with Crippen LogP contribution in [0.15, 0.2) is 83.8 Å². The number of anilines is 1. The molecule has 0 aliphatic heterocycles. The second-order valence-electron chi connectivity index (χ2n) is 6.69. The summed E-state index contributed by atoms with van der Waals surface area (Å²) in [6.07, 6.45) is 0. The number of hydrogen-bond acceptors (Lipinski definition) is 4. The molecule has 3 rings (SSSR count). The van der Waals surface area contributed by atoms with Gasteiger partial charge in [0.2, 0.25) is 10.0 Å². The van der Waals surface area contributed by atoms with Crippen LogP contribution in [0.3, 0.4) is 0 Å². The first kappa shape index (κ1) is 20.6. The zero-order chi connectivity index (χ0) is 20.9. The van der Waals surface area contributed by atoms with E-state index in [9.17, 15) is 13.2 Å². The van der Waals surface area contributed by atoms with Crippen LogP contribution in [0.25, 0.3) is 0 Å². The molecule has 0 radical (unpaired) electrons. The Bertz CT molecular complexity index is 1060. The SMILES string of the molecule is CC(C)NS(=O)(=O)c1ccc(C(=O)Nc2ccc(Oc3ccccc3)cc2)cc1. The molecule has 0 spiro atoms. The van der Waals surface area contributed by atoms with Gasteiger partial charge in [-0.25, -0.2) is 13.1 Å². The number of rotatable bonds is 7. The lowest BCUT2D eigenvalue weighted by Gasteiger charge is -2.10. The van der Waals surface area contributed by atoms with Crippen molar-refractivity contribution >= 4 is 21.6 Å². The Hall–Kier alpha value is -3.16. The van der Waals surface area contributed by atoms with E-state index in [1.807, 2.05) is 30.3 Å². The fraction of sp³-hybridized carbons (Fsp3) is 0.136. The van der Waals surface area contributed by atoms with Gasteiger partial charge in [0.25, 0.3) is 5.91 Å². The molecule has 0 saturated carbocycles. The zero-order valence-corrected chi connectivity index (χ0v) is 16.9.